The Morgan fingerprint density at radius 3 is 2.13 bits per heavy atom. The molecule has 0 unspecified atom stereocenters. The molecule has 0 radical (unpaired) electrons. The number of piperazine rings is 1. The molecule has 0 aromatic heterocycles. The number of carbonyl (C=O) groups excluding carboxylic acids is 2. The van der Waals surface area contributed by atoms with Gasteiger partial charge < -0.3 is 19.3 Å². The summed E-state index contributed by atoms with van der Waals surface area (Å²) in [5.41, 5.74) is 0.651. The summed E-state index contributed by atoms with van der Waals surface area (Å²) < 4.78 is 35.4. The molecule has 2 aromatic rings. The van der Waals surface area contributed by atoms with Crippen LogP contribution in [0.1, 0.15) is 33.6 Å². The van der Waals surface area contributed by atoms with Crippen LogP contribution in [-0.2, 0) is 0 Å². The topological polar surface area (TPSA) is 59.1 Å². The second-order valence-electron chi connectivity index (χ2n) is 7.74. The third-order valence-electron chi connectivity index (χ3n) is 5.47. The smallest absolute Gasteiger partial charge is 0.387 e. The second kappa shape index (κ2) is 9.32. The molecule has 2 fully saturated rings. The lowest BCUT2D eigenvalue weighted by molar-refractivity contribution is -0.0503. The first-order valence-corrected chi connectivity index (χ1v) is 10.4. The summed E-state index contributed by atoms with van der Waals surface area (Å²) in [6.45, 7) is -0.930. The molecule has 164 valence electrons. The van der Waals surface area contributed by atoms with Gasteiger partial charge in [0.05, 0.1) is 12.2 Å². The molecular formula is C23H24F2N2O4. The van der Waals surface area contributed by atoms with Crippen LogP contribution in [0.3, 0.4) is 0 Å². The number of nitrogens with zero attached hydrogens (tertiary/aromatic N) is 2. The van der Waals surface area contributed by atoms with E-state index in [-0.39, 0.29) is 23.1 Å². The Hall–Kier alpha value is -3.16. The fourth-order valence-corrected chi connectivity index (χ4v) is 3.50. The SMILES string of the molecule is O=C(c1ccc(OCC2CC2)cc1)N1CCN(C(=O)c2ccccc2OC(F)F)CC1. The van der Waals surface area contributed by atoms with Gasteiger partial charge in [-0.2, -0.15) is 8.78 Å². The number of hydrogen-bond donors (Lipinski definition) is 0. The molecule has 1 saturated carbocycles. The number of para-hydroxylation sites is 1. The molecule has 6 nitrogen and oxygen atoms in total. The number of amides is 2. The Balaban J connectivity index is 1.33. The zero-order chi connectivity index (χ0) is 21.8. The summed E-state index contributed by atoms with van der Waals surface area (Å²) in [6.07, 6.45) is 2.44. The molecular weight excluding hydrogens is 406 g/mol. The van der Waals surface area contributed by atoms with E-state index in [0.29, 0.717) is 37.7 Å². The average molecular weight is 430 g/mol. The number of alkyl halides is 2. The van der Waals surface area contributed by atoms with Crippen molar-refractivity contribution in [1.29, 1.82) is 0 Å². The number of ether oxygens (including phenoxy) is 2. The molecule has 1 aliphatic carbocycles. The monoisotopic (exact) mass is 430 g/mol. The van der Waals surface area contributed by atoms with Crippen LogP contribution < -0.4 is 9.47 Å². The molecule has 0 bridgehead atoms. The van der Waals surface area contributed by atoms with Gasteiger partial charge in [0.25, 0.3) is 11.8 Å². The zero-order valence-corrected chi connectivity index (χ0v) is 17.0. The first kappa shape index (κ1) is 21.1. The van der Waals surface area contributed by atoms with Gasteiger partial charge in [0.15, 0.2) is 0 Å². The third kappa shape index (κ3) is 5.31. The molecule has 1 saturated heterocycles. The highest BCUT2D eigenvalue weighted by Crippen LogP contribution is 2.29. The van der Waals surface area contributed by atoms with Crippen LogP contribution >= 0.6 is 0 Å². The molecule has 0 N–H and O–H groups in total. The maximum Gasteiger partial charge on any atom is 0.387 e. The highest BCUT2D eigenvalue weighted by Gasteiger charge is 2.27. The molecule has 8 heteroatoms. The summed E-state index contributed by atoms with van der Waals surface area (Å²) in [4.78, 5) is 28.8. The second-order valence-corrected chi connectivity index (χ2v) is 7.74. The number of carbonyl (C=O) groups is 2. The molecule has 31 heavy (non-hydrogen) atoms. The Morgan fingerprint density at radius 1 is 0.903 bits per heavy atom. The van der Waals surface area contributed by atoms with Crippen molar-refractivity contribution in [3.63, 3.8) is 0 Å². The van der Waals surface area contributed by atoms with Crippen molar-refractivity contribution in [2.75, 3.05) is 32.8 Å². The van der Waals surface area contributed by atoms with Crippen LogP contribution in [0.5, 0.6) is 11.5 Å². The van der Waals surface area contributed by atoms with Crippen molar-refractivity contribution in [2.45, 2.75) is 19.5 Å². The highest BCUT2D eigenvalue weighted by molar-refractivity contribution is 5.97. The first-order chi connectivity index (χ1) is 15.0. The minimum absolute atomic E-state index is 0.0874. The maximum absolute atomic E-state index is 12.8. The third-order valence-corrected chi connectivity index (χ3v) is 5.47. The average Bonchev–Trinajstić information content (AvgIpc) is 3.62. The van der Waals surface area contributed by atoms with Gasteiger partial charge in [0, 0.05) is 31.7 Å². The van der Waals surface area contributed by atoms with Gasteiger partial charge in [0.2, 0.25) is 0 Å². The first-order valence-electron chi connectivity index (χ1n) is 10.4. The van der Waals surface area contributed by atoms with Crippen LogP contribution in [0.4, 0.5) is 8.78 Å². The summed E-state index contributed by atoms with van der Waals surface area (Å²) in [6, 6.07) is 13.0. The molecule has 1 aliphatic heterocycles. The van der Waals surface area contributed by atoms with E-state index in [9.17, 15) is 18.4 Å². The van der Waals surface area contributed by atoms with E-state index >= 15 is 0 Å². The largest absolute Gasteiger partial charge is 0.493 e. The predicted octanol–water partition coefficient (Wildman–Crippen LogP) is 3.68. The molecule has 0 atom stereocenters. The van der Waals surface area contributed by atoms with Crippen molar-refractivity contribution in [3.8, 4) is 11.5 Å². The number of hydrogen-bond acceptors (Lipinski definition) is 4. The van der Waals surface area contributed by atoms with Gasteiger partial charge in [-0.05, 0) is 55.2 Å². The van der Waals surface area contributed by atoms with E-state index in [2.05, 4.69) is 4.74 Å². The van der Waals surface area contributed by atoms with Gasteiger partial charge >= 0.3 is 6.61 Å². The predicted molar refractivity (Wildman–Crippen MR) is 110 cm³/mol. The highest BCUT2D eigenvalue weighted by atomic mass is 19.3. The van der Waals surface area contributed by atoms with Crippen LogP contribution in [0.15, 0.2) is 48.5 Å². The summed E-state index contributed by atoms with van der Waals surface area (Å²) in [5.74, 6) is 0.769. The molecule has 1 heterocycles. The molecule has 0 spiro atoms. The van der Waals surface area contributed by atoms with E-state index in [4.69, 9.17) is 4.74 Å². The van der Waals surface area contributed by atoms with Crippen molar-refractivity contribution < 1.29 is 27.8 Å². The summed E-state index contributed by atoms with van der Waals surface area (Å²) >= 11 is 0. The van der Waals surface area contributed by atoms with E-state index in [0.717, 1.165) is 12.4 Å². The van der Waals surface area contributed by atoms with Crippen LogP contribution in [0.25, 0.3) is 0 Å². The number of rotatable bonds is 7. The minimum atomic E-state index is -3.01. The fourth-order valence-electron chi connectivity index (χ4n) is 3.50. The minimum Gasteiger partial charge on any atom is -0.493 e. The van der Waals surface area contributed by atoms with Crippen molar-refractivity contribution in [2.24, 2.45) is 5.92 Å². The van der Waals surface area contributed by atoms with Crippen molar-refractivity contribution >= 4 is 11.8 Å². The van der Waals surface area contributed by atoms with E-state index in [1.807, 2.05) is 0 Å². The molecule has 2 aromatic carbocycles. The maximum atomic E-state index is 12.8. The Morgan fingerprint density at radius 2 is 1.52 bits per heavy atom. The van der Waals surface area contributed by atoms with Gasteiger partial charge in [-0.1, -0.05) is 12.1 Å². The lowest BCUT2D eigenvalue weighted by Crippen LogP contribution is -2.50. The van der Waals surface area contributed by atoms with Crippen LogP contribution in [0.2, 0.25) is 0 Å². The quantitative estimate of drug-likeness (QED) is 0.673. The summed E-state index contributed by atoms with van der Waals surface area (Å²) in [7, 11) is 0. The zero-order valence-electron chi connectivity index (χ0n) is 17.0. The summed E-state index contributed by atoms with van der Waals surface area (Å²) in [5, 5.41) is 0. The van der Waals surface area contributed by atoms with Gasteiger partial charge in [-0.25, -0.2) is 0 Å². The van der Waals surface area contributed by atoms with E-state index < -0.39 is 6.61 Å². The van der Waals surface area contributed by atoms with E-state index in [1.165, 1.54) is 31.0 Å². The fraction of sp³-hybridized carbons (Fsp3) is 0.391. The van der Waals surface area contributed by atoms with Crippen molar-refractivity contribution in [1.82, 2.24) is 9.80 Å². The van der Waals surface area contributed by atoms with Gasteiger partial charge in [-0.3, -0.25) is 9.59 Å². The number of halogens is 2. The Bertz CT molecular complexity index is 923. The van der Waals surface area contributed by atoms with E-state index in [1.54, 1.807) is 40.1 Å². The lowest BCUT2D eigenvalue weighted by atomic mass is 10.1. The molecule has 4 rings (SSSR count). The lowest BCUT2D eigenvalue weighted by Gasteiger charge is -2.35. The standard InChI is InChI=1S/C23H24F2N2O4/c24-23(25)31-20-4-2-1-3-19(20)22(29)27-13-11-26(12-14-27)21(28)17-7-9-18(10-8-17)30-15-16-5-6-16/h1-4,7-10,16,23H,5-6,11-15H2. The van der Waals surface area contributed by atoms with Crippen LogP contribution in [-0.4, -0.2) is 61.0 Å². The molecule has 2 amide bonds. The van der Waals surface area contributed by atoms with Gasteiger partial charge in [-0.15, -0.1) is 0 Å². The van der Waals surface area contributed by atoms with Crippen molar-refractivity contribution in [3.05, 3.63) is 59.7 Å². The normalized spacial score (nSPS) is 16.4. The number of benzene rings is 2. The van der Waals surface area contributed by atoms with Gasteiger partial charge in [0.1, 0.15) is 11.5 Å². The Kier molecular flexibility index (Phi) is 6.34. The molecule has 2 aliphatic rings. The Labute approximate surface area is 179 Å². The van der Waals surface area contributed by atoms with Crippen LogP contribution in [0, 0.1) is 5.92 Å².